The van der Waals surface area contributed by atoms with Crippen LogP contribution in [-0.4, -0.2) is 37.2 Å². The van der Waals surface area contributed by atoms with Crippen molar-refractivity contribution in [3.63, 3.8) is 0 Å². The van der Waals surface area contributed by atoms with E-state index in [0.717, 1.165) is 109 Å². The lowest BCUT2D eigenvalue weighted by Gasteiger charge is -2.18. The van der Waals surface area contributed by atoms with Crippen molar-refractivity contribution in [3.8, 4) is 0 Å². The van der Waals surface area contributed by atoms with E-state index in [-0.39, 0.29) is 44.0 Å². The zero-order chi connectivity index (χ0) is 54.3. The molecule has 0 aliphatic heterocycles. The number of carbonyl (C=O) groups is 3. The first kappa shape index (κ1) is 70.3. The Morgan fingerprint density at radius 3 is 0.893 bits per heavy atom. The first-order chi connectivity index (χ1) is 37.0. The molecule has 0 amide bonds. The zero-order valence-electron chi connectivity index (χ0n) is 48.3. The highest BCUT2D eigenvalue weighted by molar-refractivity contribution is 5.71. The monoisotopic (exact) mass is 1030 g/mol. The van der Waals surface area contributed by atoms with E-state index >= 15 is 0 Å². The molecular formula is C69H110O6. The fourth-order valence-electron chi connectivity index (χ4n) is 7.88. The molecule has 0 aromatic heterocycles. The third-order valence-corrected chi connectivity index (χ3v) is 12.4. The number of allylic oxidation sites excluding steroid dienone is 24. The Morgan fingerprint density at radius 2 is 0.547 bits per heavy atom. The number of ether oxygens (including phenoxy) is 3. The maximum absolute atomic E-state index is 12.9. The van der Waals surface area contributed by atoms with Crippen LogP contribution in [0, 0.1) is 0 Å². The molecule has 75 heavy (non-hydrogen) atoms. The maximum Gasteiger partial charge on any atom is 0.306 e. The summed E-state index contributed by atoms with van der Waals surface area (Å²) in [6.07, 6.45) is 88.7. The van der Waals surface area contributed by atoms with Crippen LogP contribution in [0.5, 0.6) is 0 Å². The van der Waals surface area contributed by atoms with Gasteiger partial charge >= 0.3 is 17.9 Å². The van der Waals surface area contributed by atoms with Gasteiger partial charge in [0.25, 0.3) is 0 Å². The van der Waals surface area contributed by atoms with Gasteiger partial charge in [-0.3, -0.25) is 14.4 Å². The Balaban J connectivity index is 4.48. The molecule has 0 radical (unpaired) electrons. The summed E-state index contributed by atoms with van der Waals surface area (Å²) in [5, 5.41) is 0. The molecule has 0 spiro atoms. The van der Waals surface area contributed by atoms with Crippen LogP contribution in [0.3, 0.4) is 0 Å². The summed E-state index contributed by atoms with van der Waals surface area (Å²) in [6, 6.07) is 0. The predicted molar refractivity (Wildman–Crippen MR) is 325 cm³/mol. The van der Waals surface area contributed by atoms with E-state index in [2.05, 4.69) is 154 Å². The van der Waals surface area contributed by atoms with Crippen LogP contribution in [-0.2, 0) is 28.6 Å². The maximum atomic E-state index is 12.9. The van der Waals surface area contributed by atoms with Gasteiger partial charge in [0.1, 0.15) is 13.2 Å². The smallest absolute Gasteiger partial charge is 0.306 e. The molecule has 0 bridgehead atoms. The Morgan fingerprint density at radius 1 is 0.280 bits per heavy atom. The third-order valence-electron chi connectivity index (χ3n) is 12.4. The lowest BCUT2D eigenvalue weighted by Crippen LogP contribution is -2.30. The van der Waals surface area contributed by atoms with Crippen molar-refractivity contribution in [2.24, 2.45) is 0 Å². The van der Waals surface area contributed by atoms with Crippen LogP contribution in [0.1, 0.15) is 252 Å². The SMILES string of the molecule is CC/C=C\C/C=C\C/C=C\C/C=C\C/C=C\C/C=C\C/C=C\C/C=C\CCCCC(=O)OCC(COC(=O)CC/C=C\C/C=C\C/C=C\C/C=C\CC)OC(=O)CCCCCCCCCCCCCCCCCCC. The van der Waals surface area contributed by atoms with Gasteiger partial charge in [-0.25, -0.2) is 0 Å². The minimum Gasteiger partial charge on any atom is -0.462 e. The van der Waals surface area contributed by atoms with Gasteiger partial charge in [-0.05, 0) is 109 Å². The molecule has 422 valence electrons. The van der Waals surface area contributed by atoms with Gasteiger partial charge in [-0.2, -0.15) is 0 Å². The molecule has 0 fully saturated rings. The Bertz CT molecular complexity index is 1660. The minimum atomic E-state index is -0.830. The molecule has 0 aromatic carbocycles. The second kappa shape index (κ2) is 61.8. The van der Waals surface area contributed by atoms with Crippen molar-refractivity contribution in [2.75, 3.05) is 13.2 Å². The molecule has 0 N–H and O–H groups in total. The summed E-state index contributed by atoms with van der Waals surface area (Å²) in [4.78, 5) is 38.2. The standard InChI is InChI=1S/C69H110O6/c1-4-7-10-13-16-19-22-25-27-29-30-31-32-33-34-35-36-37-38-40-41-44-47-50-53-56-59-62-68(71)74-65-66(64-73-67(70)61-58-55-52-49-46-43-24-21-18-15-12-9-6-3)75-69(72)63-60-57-54-51-48-45-42-39-28-26-23-20-17-14-11-8-5-2/h7,9-10,12,16,18-19,21,25,27,30-31,33-34,36-37,40-41,43,46-47,50,52,55,66H,4-6,8,11,13-15,17,20,22-24,26,28-29,32,35,38-39,42,44-45,48-49,51,53-54,56-65H2,1-3H3/b10-7-,12-9-,19-16-,21-18-,27-25-,31-30-,34-33-,37-36-,41-40-,46-43-,50-47-,55-52-. The molecule has 0 heterocycles. The average Bonchev–Trinajstić information content (AvgIpc) is 3.41. The van der Waals surface area contributed by atoms with E-state index < -0.39 is 6.10 Å². The summed E-state index contributed by atoms with van der Waals surface area (Å²) in [6.45, 7) is 6.31. The lowest BCUT2D eigenvalue weighted by molar-refractivity contribution is -0.166. The van der Waals surface area contributed by atoms with Gasteiger partial charge < -0.3 is 14.2 Å². The molecule has 0 saturated heterocycles. The summed E-state index contributed by atoms with van der Waals surface area (Å²) < 4.78 is 16.8. The second-order valence-corrected chi connectivity index (χ2v) is 19.5. The third kappa shape index (κ3) is 60.0. The van der Waals surface area contributed by atoms with Crippen molar-refractivity contribution >= 4 is 17.9 Å². The van der Waals surface area contributed by atoms with Gasteiger partial charge in [-0.15, -0.1) is 0 Å². The molecule has 1 atom stereocenters. The molecule has 6 heteroatoms. The number of carbonyl (C=O) groups excluding carboxylic acids is 3. The first-order valence-electron chi connectivity index (χ1n) is 30.3. The van der Waals surface area contributed by atoms with Gasteiger partial charge in [0.05, 0.1) is 0 Å². The van der Waals surface area contributed by atoms with Crippen molar-refractivity contribution in [3.05, 3.63) is 146 Å². The largest absolute Gasteiger partial charge is 0.462 e. The fraction of sp³-hybridized carbons (Fsp3) is 0.609. The van der Waals surface area contributed by atoms with Crippen LogP contribution in [0.15, 0.2) is 146 Å². The molecule has 0 saturated carbocycles. The van der Waals surface area contributed by atoms with Gasteiger partial charge in [0.2, 0.25) is 0 Å². The van der Waals surface area contributed by atoms with Crippen LogP contribution in [0.2, 0.25) is 0 Å². The quantitative estimate of drug-likeness (QED) is 0.0261. The Labute approximate surface area is 461 Å². The highest BCUT2D eigenvalue weighted by Gasteiger charge is 2.19. The van der Waals surface area contributed by atoms with Crippen molar-refractivity contribution in [1.29, 1.82) is 0 Å². The minimum absolute atomic E-state index is 0.126. The van der Waals surface area contributed by atoms with E-state index in [1.165, 1.54) is 89.9 Å². The van der Waals surface area contributed by atoms with E-state index in [4.69, 9.17) is 14.2 Å². The summed E-state index contributed by atoms with van der Waals surface area (Å²) in [7, 11) is 0. The van der Waals surface area contributed by atoms with Crippen molar-refractivity contribution in [1.82, 2.24) is 0 Å². The summed E-state index contributed by atoms with van der Waals surface area (Å²) in [5.41, 5.74) is 0. The topological polar surface area (TPSA) is 78.9 Å². The normalized spacial score (nSPS) is 13.2. The molecule has 1 unspecified atom stereocenters. The fourth-order valence-corrected chi connectivity index (χ4v) is 7.88. The van der Waals surface area contributed by atoms with E-state index in [1.54, 1.807) is 0 Å². The summed E-state index contributed by atoms with van der Waals surface area (Å²) in [5.74, 6) is -1.05. The molecule has 0 aliphatic rings. The van der Waals surface area contributed by atoms with Crippen LogP contribution < -0.4 is 0 Å². The average molecular weight is 1040 g/mol. The van der Waals surface area contributed by atoms with Crippen molar-refractivity contribution in [2.45, 2.75) is 258 Å². The predicted octanol–water partition coefficient (Wildman–Crippen LogP) is 20.8. The second-order valence-electron chi connectivity index (χ2n) is 19.5. The van der Waals surface area contributed by atoms with E-state index in [1.807, 2.05) is 12.2 Å². The number of unbranched alkanes of at least 4 members (excludes halogenated alkanes) is 18. The Hall–Kier alpha value is -4.71. The van der Waals surface area contributed by atoms with E-state index in [9.17, 15) is 14.4 Å². The van der Waals surface area contributed by atoms with Gasteiger partial charge in [-0.1, -0.05) is 269 Å². The summed E-state index contributed by atoms with van der Waals surface area (Å²) >= 11 is 0. The van der Waals surface area contributed by atoms with Gasteiger partial charge in [0, 0.05) is 19.3 Å². The molecule has 0 aromatic rings. The zero-order valence-corrected chi connectivity index (χ0v) is 48.3. The van der Waals surface area contributed by atoms with Crippen LogP contribution >= 0.6 is 0 Å². The van der Waals surface area contributed by atoms with Crippen LogP contribution in [0.4, 0.5) is 0 Å². The molecule has 6 nitrogen and oxygen atoms in total. The lowest BCUT2D eigenvalue weighted by atomic mass is 10.0. The molecule has 0 rings (SSSR count). The highest BCUT2D eigenvalue weighted by Crippen LogP contribution is 2.15. The molecular weight excluding hydrogens is 925 g/mol. The highest BCUT2D eigenvalue weighted by atomic mass is 16.6. The van der Waals surface area contributed by atoms with Crippen LogP contribution in [0.25, 0.3) is 0 Å². The molecule has 0 aliphatic carbocycles. The van der Waals surface area contributed by atoms with E-state index in [0.29, 0.717) is 19.3 Å². The number of esters is 3. The number of rotatable bonds is 53. The number of hydrogen-bond donors (Lipinski definition) is 0. The van der Waals surface area contributed by atoms with Crippen molar-refractivity contribution < 1.29 is 28.6 Å². The first-order valence-corrected chi connectivity index (χ1v) is 30.3. The number of hydrogen-bond acceptors (Lipinski definition) is 6. The Kier molecular flexibility index (Phi) is 58.0. The van der Waals surface area contributed by atoms with Gasteiger partial charge in [0.15, 0.2) is 6.10 Å².